The molecule has 0 radical (unpaired) electrons. The minimum Gasteiger partial charge on any atom is -0.309 e. The van der Waals surface area contributed by atoms with Gasteiger partial charge in [0.15, 0.2) is 0 Å². The number of benzene rings is 5. The molecule has 5 aromatic carbocycles. The molecule has 0 N–H and O–H groups in total. The van der Waals surface area contributed by atoms with Crippen LogP contribution in [0.2, 0.25) is 0 Å². The summed E-state index contributed by atoms with van der Waals surface area (Å²) < 4.78 is 4.84. The van der Waals surface area contributed by atoms with Gasteiger partial charge in [-0.05, 0) is 55.0 Å². The van der Waals surface area contributed by atoms with Crippen molar-refractivity contribution in [2.24, 2.45) is 0 Å². The zero-order chi connectivity index (χ0) is 21.9. The first-order chi connectivity index (χ1) is 16.3. The largest absolute Gasteiger partial charge is 0.309 e. The average Bonchev–Trinajstić information content (AvgIpc) is 3.37. The monoisotopic (exact) mass is 422 g/mol. The van der Waals surface area contributed by atoms with E-state index in [2.05, 4.69) is 131 Å². The van der Waals surface area contributed by atoms with E-state index in [0.29, 0.717) is 0 Å². The van der Waals surface area contributed by atoms with Crippen LogP contribution in [0.25, 0.3) is 55.0 Å². The van der Waals surface area contributed by atoms with E-state index in [1.54, 1.807) is 0 Å². The molecule has 0 saturated heterocycles. The average molecular weight is 423 g/mol. The first-order valence-corrected chi connectivity index (χ1v) is 11.4. The second-order valence-electron chi connectivity index (χ2n) is 8.74. The van der Waals surface area contributed by atoms with Crippen molar-refractivity contribution in [2.45, 2.75) is 6.92 Å². The van der Waals surface area contributed by atoms with Crippen LogP contribution >= 0.6 is 0 Å². The van der Waals surface area contributed by atoms with Crippen molar-refractivity contribution in [3.63, 3.8) is 0 Å². The molecule has 2 heteroatoms. The van der Waals surface area contributed by atoms with Crippen LogP contribution in [0.4, 0.5) is 0 Å². The predicted molar refractivity (Wildman–Crippen MR) is 140 cm³/mol. The lowest BCUT2D eigenvalue weighted by molar-refractivity contribution is 1.17. The van der Waals surface area contributed by atoms with Crippen LogP contribution < -0.4 is 0 Å². The van der Waals surface area contributed by atoms with E-state index in [9.17, 15) is 0 Å². The van der Waals surface area contributed by atoms with Crippen LogP contribution in [-0.2, 0) is 0 Å². The van der Waals surface area contributed by atoms with Gasteiger partial charge in [0.2, 0.25) is 0 Å². The summed E-state index contributed by atoms with van der Waals surface area (Å²) in [6.45, 7) is 2.16. The summed E-state index contributed by atoms with van der Waals surface area (Å²) in [4.78, 5) is 0. The van der Waals surface area contributed by atoms with Gasteiger partial charge in [-0.3, -0.25) is 0 Å². The summed E-state index contributed by atoms with van der Waals surface area (Å²) in [5, 5.41) is 5.14. The molecule has 0 saturated carbocycles. The molecule has 2 heterocycles. The van der Waals surface area contributed by atoms with Crippen LogP contribution in [0.3, 0.4) is 0 Å². The highest BCUT2D eigenvalue weighted by molar-refractivity contribution is 6.26. The highest BCUT2D eigenvalue weighted by Gasteiger charge is 2.20. The van der Waals surface area contributed by atoms with Crippen LogP contribution in [-0.4, -0.2) is 9.13 Å². The van der Waals surface area contributed by atoms with Crippen molar-refractivity contribution in [2.75, 3.05) is 0 Å². The number of nitrogens with zero attached hydrogens (tertiary/aromatic N) is 2. The Hall–Kier alpha value is -4.30. The standard InChI is InChI=1S/C31H22N2/c1-21-10-9-13-23(20-21)32-28-17-8-6-15-26(28)30-29(32)19-18-25-24-14-5-7-16-27(24)33(31(25)30)22-11-3-2-4-12-22/h2-20H,1H3. The first kappa shape index (κ1) is 18.3. The second-order valence-corrected chi connectivity index (χ2v) is 8.74. The normalized spacial score (nSPS) is 11.8. The summed E-state index contributed by atoms with van der Waals surface area (Å²) in [5.74, 6) is 0. The molecule has 0 fully saturated rings. The van der Waals surface area contributed by atoms with E-state index in [1.807, 2.05) is 0 Å². The third kappa shape index (κ3) is 2.55. The van der Waals surface area contributed by atoms with Gasteiger partial charge in [-0.25, -0.2) is 0 Å². The molecule has 0 aliphatic rings. The van der Waals surface area contributed by atoms with E-state index in [4.69, 9.17) is 0 Å². The molecule has 2 aromatic heterocycles. The van der Waals surface area contributed by atoms with Gasteiger partial charge in [-0.1, -0.05) is 72.8 Å². The van der Waals surface area contributed by atoms with Gasteiger partial charge in [0.05, 0.1) is 22.1 Å². The number of aromatic nitrogens is 2. The number of aryl methyl sites for hydroxylation is 1. The van der Waals surface area contributed by atoms with E-state index in [-0.39, 0.29) is 0 Å². The fourth-order valence-corrected chi connectivity index (χ4v) is 5.40. The van der Waals surface area contributed by atoms with E-state index in [1.165, 1.54) is 60.5 Å². The SMILES string of the molecule is Cc1cccc(-n2c3ccccc3c3c2ccc2c4ccccc4n(-c4ccccc4)c23)c1. The fraction of sp³-hybridized carbons (Fsp3) is 0.0323. The number of hydrogen-bond acceptors (Lipinski definition) is 0. The lowest BCUT2D eigenvalue weighted by Crippen LogP contribution is -1.95. The van der Waals surface area contributed by atoms with Crippen molar-refractivity contribution in [1.82, 2.24) is 9.13 Å². The summed E-state index contributed by atoms with van der Waals surface area (Å²) in [6.07, 6.45) is 0. The van der Waals surface area contributed by atoms with Crippen molar-refractivity contribution >= 4 is 43.6 Å². The predicted octanol–water partition coefficient (Wildman–Crippen LogP) is 8.19. The molecule has 0 aliphatic heterocycles. The fourth-order valence-electron chi connectivity index (χ4n) is 5.40. The second kappa shape index (κ2) is 6.85. The summed E-state index contributed by atoms with van der Waals surface area (Å²) >= 11 is 0. The minimum absolute atomic E-state index is 1.18. The van der Waals surface area contributed by atoms with Crippen LogP contribution in [0.15, 0.2) is 115 Å². The molecular weight excluding hydrogens is 400 g/mol. The number of hydrogen-bond donors (Lipinski definition) is 0. The Labute approximate surface area is 191 Å². The molecule has 2 nitrogen and oxygen atoms in total. The van der Waals surface area contributed by atoms with Crippen molar-refractivity contribution in [3.8, 4) is 11.4 Å². The maximum atomic E-state index is 2.43. The molecule has 0 bridgehead atoms. The summed E-state index contributed by atoms with van der Waals surface area (Å²) in [6, 6.07) is 41.6. The van der Waals surface area contributed by atoms with Gasteiger partial charge in [-0.2, -0.15) is 0 Å². The van der Waals surface area contributed by atoms with E-state index in [0.717, 1.165) is 0 Å². The molecule has 0 aliphatic carbocycles. The number of rotatable bonds is 2. The zero-order valence-electron chi connectivity index (χ0n) is 18.4. The van der Waals surface area contributed by atoms with Crippen molar-refractivity contribution in [1.29, 1.82) is 0 Å². The van der Waals surface area contributed by atoms with Gasteiger partial charge >= 0.3 is 0 Å². The maximum absolute atomic E-state index is 2.43. The molecule has 156 valence electrons. The van der Waals surface area contributed by atoms with Crippen LogP contribution in [0.1, 0.15) is 5.56 Å². The Bertz CT molecular complexity index is 1820. The third-order valence-electron chi connectivity index (χ3n) is 6.74. The quantitative estimate of drug-likeness (QED) is 0.266. The molecular formula is C31H22N2. The van der Waals surface area contributed by atoms with E-state index >= 15 is 0 Å². The van der Waals surface area contributed by atoms with Crippen LogP contribution in [0, 0.1) is 6.92 Å². The third-order valence-corrected chi connectivity index (χ3v) is 6.74. The highest BCUT2D eigenvalue weighted by atomic mass is 15.0. The molecule has 7 aromatic rings. The topological polar surface area (TPSA) is 9.86 Å². The van der Waals surface area contributed by atoms with Crippen molar-refractivity contribution < 1.29 is 0 Å². The molecule has 0 amide bonds. The Balaban J connectivity index is 1.76. The molecule has 33 heavy (non-hydrogen) atoms. The maximum Gasteiger partial charge on any atom is 0.0641 e. The lowest BCUT2D eigenvalue weighted by Gasteiger charge is -2.10. The molecule has 0 spiro atoms. The molecule has 0 atom stereocenters. The summed E-state index contributed by atoms with van der Waals surface area (Å²) in [7, 11) is 0. The first-order valence-electron chi connectivity index (χ1n) is 11.4. The summed E-state index contributed by atoms with van der Waals surface area (Å²) in [5.41, 5.74) is 8.61. The van der Waals surface area contributed by atoms with Gasteiger partial charge in [0, 0.05) is 32.9 Å². The van der Waals surface area contributed by atoms with Gasteiger partial charge < -0.3 is 9.13 Å². The number of para-hydroxylation sites is 3. The Morgan fingerprint density at radius 1 is 0.455 bits per heavy atom. The van der Waals surface area contributed by atoms with Gasteiger partial charge in [-0.15, -0.1) is 0 Å². The molecule has 0 unspecified atom stereocenters. The number of fused-ring (bicyclic) bond motifs is 7. The Morgan fingerprint density at radius 2 is 1.12 bits per heavy atom. The van der Waals surface area contributed by atoms with Crippen LogP contribution in [0.5, 0.6) is 0 Å². The zero-order valence-corrected chi connectivity index (χ0v) is 18.4. The molecule has 7 rings (SSSR count). The van der Waals surface area contributed by atoms with Gasteiger partial charge in [0.25, 0.3) is 0 Å². The van der Waals surface area contributed by atoms with Crippen molar-refractivity contribution in [3.05, 3.63) is 121 Å². The van der Waals surface area contributed by atoms with E-state index < -0.39 is 0 Å². The van der Waals surface area contributed by atoms with Gasteiger partial charge in [0.1, 0.15) is 0 Å². The minimum atomic E-state index is 1.18. The Kier molecular flexibility index (Phi) is 3.80. The lowest BCUT2D eigenvalue weighted by atomic mass is 10.1. The Morgan fingerprint density at radius 3 is 1.91 bits per heavy atom. The smallest absolute Gasteiger partial charge is 0.0641 e. The highest BCUT2D eigenvalue weighted by Crippen LogP contribution is 2.41.